The van der Waals surface area contributed by atoms with Gasteiger partial charge in [-0.25, -0.2) is 0 Å². The lowest BCUT2D eigenvalue weighted by Crippen LogP contribution is -2.17. The molecule has 2 aliphatic rings. The Kier molecular flexibility index (Phi) is 9.75. The van der Waals surface area contributed by atoms with Crippen LogP contribution in [0, 0.1) is 5.41 Å². The Morgan fingerprint density at radius 2 is 1.68 bits per heavy atom. The van der Waals surface area contributed by atoms with Gasteiger partial charge in [0.2, 0.25) is 0 Å². The lowest BCUT2D eigenvalue weighted by molar-refractivity contribution is 0.518. The van der Waals surface area contributed by atoms with Gasteiger partial charge in [-0.05, 0) is 101 Å². The number of hydrogen-bond donors (Lipinski definition) is 0. The first kappa shape index (κ1) is 32.5. The van der Waals surface area contributed by atoms with E-state index in [1.165, 1.54) is 67.7 Å². The maximum absolute atomic E-state index is 4.43. The minimum absolute atomic E-state index is 0.0384. The second-order valence-corrected chi connectivity index (χ2v) is 14.5. The molecule has 2 heterocycles. The van der Waals surface area contributed by atoms with Crippen molar-refractivity contribution in [1.29, 1.82) is 0 Å². The van der Waals surface area contributed by atoms with Crippen molar-refractivity contribution in [2.75, 3.05) is 11.4 Å². The van der Waals surface area contributed by atoms with Crippen LogP contribution < -0.4 is 4.90 Å². The first-order chi connectivity index (χ1) is 22.8. The van der Waals surface area contributed by atoms with E-state index in [0.29, 0.717) is 0 Å². The second-order valence-electron chi connectivity index (χ2n) is 13.5. The van der Waals surface area contributed by atoms with Gasteiger partial charge in [-0.1, -0.05) is 131 Å². The molecule has 238 valence electrons. The quantitative estimate of drug-likeness (QED) is 0.167. The minimum atomic E-state index is 0.0384. The third-order valence-electron chi connectivity index (χ3n) is 9.20. The number of allylic oxidation sites excluding steroid dienone is 10. The van der Waals surface area contributed by atoms with E-state index in [9.17, 15) is 0 Å². The molecule has 4 aromatic rings. The Labute approximate surface area is 285 Å². The topological polar surface area (TPSA) is 15.6 Å². The zero-order valence-corrected chi connectivity index (χ0v) is 29.3. The molecule has 3 heteroatoms. The molecule has 0 amide bonds. The summed E-state index contributed by atoms with van der Waals surface area (Å²) in [7, 11) is 0. The predicted octanol–water partition coefficient (Wildman–Crippen LogP) is 13.1. The molecular weight excluding hydrogens is 589 g/mol. The molecule has 6 rings (SSSR count). The van der Waals surface area contributed by atoms with Crippen molar-refractivity contribution in [2.45, 2.75) is 60.3 Å². The SMILES string of the molecule is C=Nc1c(N2C=C(c3cccc(-c4ccc(C5=C(C(C)(C)C)C=C(/C(=C/C)CCCC)C=CC5)cc4)c3)C=CC2)sc2ccccc12. The lowest BCUT2D eigenvalue weighted by atomic mass is 9.79. The zero-order chi connectivity index (χ0) is 33.0. The Balaban J connectivity index is 1.30. The van der Waals surface area contributed by atoms with Crippen molar-refractivity contribution in [3.63, 3.8) is 0 Å². The van der Waals surface area contributed by atoms with Gasteiger partial charge in [0.05, 0.1) is 0 Å². The normalized spacial score (nSPS) is 15.6. The number of benzene rings is 3. The van der Waals surface area contributed by atoms with Crippen LogP contribution in [-0.4, -0.2) is 13.3 Å². The van der Waals surface area contributed by atoms with Crippen LogP contribution in [0.25, 0.3) is 32.4 Å². The Hall–Kier alpha value is -4.47. The lowest BCUT2D eigenvalue weighted by Gasteiger charge is -2.25. The minimum Gasteiger partial charge on any atom is -0.334 e. The molecule has 1 aliphatic carbocycles. The number of aliphatic imine (C=N–C) groups is 1. The standard InChI is InChI=1S/C44H46N2S/c1-7-9-15-31(8-2)36-18-13-21-38(40(29-36)44(3,4)5)33-25-23-32(24-26-33)34-16-12-17-35(28-34)37-19-14-27-46(30-37)43-42(45-6)39-20-10-11-22-41(39)47-43/h8,10-14,16-20,22-26,28-30H,6-7,9,15,21,27H2,1-5H3/b31-8+. The molecule has 0 N–H and O–H groups in total. The number of nitrogens with zero attached hydrogens (tertiary/aromatic N) is 2. The van der Waals surface area contributed by atoms with E-state index < -0.39 is 0 Å². The monoisotopic (exact) mass is 634 g/mol. The summed E-state index contributed by atoms with van der Waals surface area (Å²) < 4.78 is 1.23. The first-order valence-corrected chi connectivity index (χ1v) is 17.7. The van der Waals surface area contributed by atoms with Gasteiger partial charge in [-0.2, -0.15) is 0 Å². The highest BCUT2D eigenvalue weighted by Crippen LogP contribution is 2.45. The highest BCUT2D eigenvalue weighted by molar-refractivity contribution is 7.23. The fraction of sp³-hybridized carbons (Fsp3) is 0.250. The van der Waals surface area contributed by atoms with Crippen LogP contribution >= 0.6 is 11.3 Å². The van der Waals surface area contributed by atoms with Crippen LogP contribution in [0.3, 0.4) is 0 Å². The number of rotatable bonds is 9. The molecule has 0 radical (unpaired) electrons. The molecule has 0 fully saturated rings. The molecule has 0 spiro atoms. The van der Waals surface area contributed by atoms with Crippen LogP contribution in [0.4, 0.5) is 10.7 Å². The first-order valence-electron chi connectivity index (χ1n) is 16.9. The largest absolute Gasteiger partial charge is 0.334 e. The van der Waals surface area contributed by atoms with Crippen LogP contribution in [-0.2, 0) is 0 Å². The third kappa shape index (κ3) is 6.96. The summed E-state index contributed by atoms with van der Waals surface area (Å²) in [6.07, 6.45) is 20.7. The number of thiophene rings is 1. The van der Waals surface area contributed by atoms with Gasteiger partial charge >= 0.3 is 0 Å². The summed E-state index contributed by atoms with van der Waals surface area (Å²) >= 11 is 1.77. The van der Waals surface area contributed by atoms with Gasteiger partial charge in [0.25, 0.3) is 0 Å². The number of fused-ring (bicyclic) bond motifs is 1. The van der Waals surface area contributed by atoms with E-state index in [0.717, 1.165) is 35.5 Å². The number of unbranched alkanes of at least 4 members (excludes halogenated alkanes) is 1. The molecule has 0 bridgehead atoms. The maximum Gasteiger partial charge on any atom is 0.123 e. The van der Waals surface area contributed by atoms with Gasteiger partial charge < -0.3 is 4.90 Å². The molecule has 0 saturated heterocycles. The van der Waals surface area contributed by atoms with Gasteiger partial charge in [0.1, 0.15) is 10.7 Å². The number of hydrogen-bond acceptors (Lipinski definition) is 3. The average molecular weight is 635 g/mol. The third-order valence-corrected chi connectivity index (χ3v) is 10.4. The van der Waals surface area contributed by atoms with Crippen LogP contribution in [0.1, 0.15) is 71.4 Å². The van der Waals surface area contributed by atoms with Crippen molar-refractivity contribution < 1.29 is 0 Å². The molecule has 0 saturated carbocycles. The smallest absolute Gasteiger partial charge is 0.123 e. The van der Waals surface area contributed by atoms with Gasteiger partial charge in [0.15, 0.2) is 0 Å². The van der Waals surface area contributed by atoms with Crippen molar-refractivity contribution in [2.24, 2.45) is 10.4 Å². The molecule has 0 unspecified atom stereocenters. The Morgan fingerprint density at radius 1 is 0.915 bits per heavy atom. The highest BCUT2D eigenvalue weighted by Gasteiger charge is 2.23. The van der Waals surface area contributed by atoms with E-state index in [4.69, 9.17) is 0 Å². The second kappa shape index (κ2) is 14.1. The Bertz CT molecular complexity index is 1960. The van der Waals surface area contributed by atoms with Crippen molar-refractivity contribution in [3.8, 4) is 11.1 Å². The van der Waals surface area contributed by atoms with Crippen LogP contribution in [0.5, 0.6) is 0 Å². The fourth-order valence-corrected chi connectivity index (χ4v) is 7.79. The summed E-state index contributed by atoms with van der Waals surface area (Å²) in [5.74, 6) is 0. The predicted molar refractivity (Wildman–Crippen MR) is 209 cm³/mol. The maximum atomic E-state index is 4.43. The van der Waals surface area contributed by atoms with Gasteiger partial charge in [-0.15, -0.1) is 11.3 Å². The van der Waals surface area contributed by atoms with Crippen molar-refractivity contribution in [3.05, 3.63) is 143 Å². The van der Waals surface area contributed by atoms with Crippen LogP contribution in [0.2, 0.25) is 0 Å². The summed E-state index contributed by atoms with van der Waals surface area (Å²) in [6.45, 7) is 16.2. The molecular formula is C44H46N2S. The van der Waals surface area contributed by atoms with E-state index in [2.05, 4.69) is 167 Å². The fourth-order valence-electron chi connectivity index (χ4n) is 6.65. The van der Waals surface area contributed by atoms with E-state index in [-0.39, 0.29) is 5.41 Å². The summed E-state index contributed by atoms with van der Waals surface area (Å²) in [5.41, 5.74) is 12.8. The van der Waals surface area contributed by atoms with Crippen molar-refractivity contribution >= 4 is 50.0 Å². The highest BCUT2D eigenvalue weighted by atomic mass is 32.1. The van der Waals surface area contributed by atoms with Crippen molar-refractivity contribution in [1.82, 2.24) is 0 Å². The number of anilines is 1. The van der Waals surface area contributed by atoms with E-state index in [1.54, 1.807) is 11.3 Å². The van der Waals surface area contributed by atoms with E-state index >= 15 is 0 Å². The molecule has 3 aromatic carbocycles. The molecule has 1 aliphatic heterocycles. The summed E-state index contributed by atoms with van der Waals surface area (Å²) in [4.78, 5) is 6.73. The van der Waals surface area contributed by atoms with Crippen LogP contribution in [0.15, 0.2) is 137 Å². The zero-order valence-electron chi connectivity index (χ0n) is 28.5. The molecule has 47 heavy (non-hydrogen) atoms. The van der Waals surface area contributed by atoms with E-state index in [1.807, 2.05) is 0 Å². The summed E-state index contributed by atoms with van der Waals surface area (Å²) in [6, 6.07) is 26.6. The Morgan fingerprint density at radius 3 is 2.43 bits per heavy atom. The van der Waals surface area contributed by atoms with Gasteiger partial charge in [-0.3, -0.25) is 4.99 Å². The molecule has 1 aromatic heterocycles. The summed E-state index contributed by atoms with van der Waals surface area (Å²) in [5, 5.41) is 2.30. The average Bonchev–Trinajstić information content (AvgIpc) is 3.32. The molecule has 0 atom stereocenters. The van der Waals surface area contributed by atoms with Gasteiger partial charge in [0, 0.05) is 22.8 Å². The molecule has 2 nitrogen and oxygen atoms in total.